The van der Waals surface area contributed by atoms with Gasteiger partial charge in [-0.15, -0.1) is 0 Å². The highest BCUT2D eigenvalue weighted by molar-refractivity contribution is 5.91. The lowest BCUT2D eigenvalue weighted by molar-refractivity contribution is -0.130. The van der Waals surface area contributed by atoms with Crippen molar-refractivity contribution in [1.29, 1.82) is 0 Å². The van der Waals surface area contributed by atoms with Crippen molar-refractivity contribution in [1.82, 2.24) is 4.90 Å². The number of hydrogen-bond acceptors (Lipinski definition) is 3. The first-order valence-corrected chi connectivity index (χ1v) is 6.91. The van der Waals surface area contributed by atoms with Gasteiger partial charge in [0, 0.05) is 12.7 Å². The maximum atomic E-state index is 12.1. The molecule has 0 saturated carbocycles. The van der Waals surface area contributed by atoms with Crippen LogP contribution in [-0.2, 0) is 4.79 Å². The number of aromatic carboxylic acids is 1. The van der Waals surface area contributed by atoms with E-state index in [1.54, 1.807) is 24.1 Å². The topological polar surface area (TPSA) is 66.8 Å². The summed E-state index contributed by atoms with van der Waals surface area (Å²) in [6.07, 6.45) is 5.00. The molecule has 112 valence electrons. The average Bonchev–Trinajstić information content (AvgIpc) is 2.98. The Morgan fingerprint density at radius 3 is 2.76 bits per heavy atom. The van der Waals surface area contributed by atoms with Crippen LogP contribution in [0.25, 0.3) is 0 Å². The van der Waals surface area contributed by atoms with E-state index in [0.29, 0.717) is 0 Å². The zero-order valence-corrected chi connectivity index (χ0v) is 12.3. The Hall–Kier alpha value is -2.30. The van der Waals surface area contributed by atoms with Crippen molar-refractivity contribution in [2.45, 2.75) is 26.2 Å². The largest absolute Gasteiger partial charge is 0.483 e. The summed E-state index contributed by atoms with van der Waals surface area (Å²) >= 11 is 0. The number of carboxylic acid groups (broad SMARTS) is 1. The third kappa shape index (κ3) is 3.62. The summed E-state index contributed by atoms with van der Waals surface area (Å²) in [6, 6.07) is 4.88. The Bertz CT molecular complexity index is 592. The Morgan fingerprint density at radius 2 is 2.14 bits per heavy atom. The van der Waals surface area contributed by atoms with E-state index in [9.17, 15) is 9.59 Å². The van der Waals surface area contributed by atoms with Crippen LogP contribution in [0.2, 0.25) is 0 Å². The smallest absolute Gasteiger partial charge is 0.339 e. The molecular weight excluding hydrogens is 270 g/mol. The van der Waals surface area contributed by atoms with Crippen LogP contribution in [0.1, 0.15) is 35.2 Å². The zero-order valence-electron chi connectivity index (χ0n) is 12.3. The molecule has 1 amide bonds. The lowest BCUT2D eigenvalue weighted by Gasteiger charge is -2.19. The first kappa shape index (κ1) is 15.1. The molecule has 1 aromatic carbocycles. The van der Waals surface area contributed by atoms with Crippen LogP contribution in [-0.4, -0.2) is 35.5 Å². The van der Waals surface area contributed by atoms with Gasteiger partial charge >= 0.3 is 5.97 Å². The van der Waals surface area contributed by atoms with Gasteiger partial charge in [0.1, 0.15) is 11.3 Å². The summed E-state index contributed by atoms with van der Waals surface area (Å²) in [5, 5.41) is 9.15. The van der Waals surface area contributed by atoms with E-state index in [1.165, 1.54) is 6.07 Å². The van der Waals surface area contributed by atoms with Crippen LogP contribution in [0.15, 0.2) is 30.0 Å². The fourth-order valence-electron chi connectivity index (χ4n) is 2.29. The first-order chi connectivity index (χ1) is 9.99. The van der Waals surface area contributed by atoms with Gasteiger partial charge in [0.15, 0.2) is 6.61 Å². The molecule has 0 atom stereocenters. The predicted molar refractivity (Wildman–Crippen MR) is 78.3 cm³/mol. The molecule has 1 N–H and O–H groups in total. The minimum atomic E-state index is -1.06. The van der Waals surface area contributed by atoms with Crippen LogP contribution in [0, 0.1) is 6.92 Å². The number of allylic oxidation sites excluding steroid dienone is 2. The van der Waals surface area contributed by atoms with Gasteiger partial charge in [-0.1, -0.05) is 17.7 Å². The summed E-state index contributed by atoms with van der Waals surface area (Å²) in [5.41, 5.74) is 1.91. The normalized spacial score (nSPS) is 13.7. The monoisotopic (exact) mass is 289 g/mol. The number of carbonyl (C=O) groups is 2. The number of aryl methyl sites for hydroxylation is 1. The molecule has 0 fully saturated rings. The van der Waals surface area contributed by atoms with E-state index in [1.807, 2.05) is 13.0 Å². The number of benzene rings is 1. The van der Waals surface area contributed by atoms with Gasteiger partial charge in [-0.05, 0) is 38.3 Å². The summed E-state index contributed by atoms with van der Waals surface area (Å²) < 4.78 is 5.40. The number of ether oxygens (including phenoxy) is 1. The minimum absolute atomic E-state index is 0.0746. The Kier molecular flexibility index (Phi) is 4.62. The van der Waals surface area contributed by atoms with Crippen LogP contribution in [0.5, 0.6) is 5.75 Å². The Balaban J connectivity index is 2.02. The van der Waals surface area contributed by atoms with E-state index in [2.05, 4.69) is 0 Å². The highest BCUT2D eigenvalue weighted by Gasteiger charge is 2.18. The molecule has 1 aromatic rings. The van der Waals surface area contributed by atoms with Crippen molar-refractivity contribution in [2.75, 3.05) is 13.7 Å². The molecule has 0 spiro atoms. The second-order valence-electron chi connectivity index (χ2n) is 5.13. The zero-order chi connectivity index (χ0) is 15.4. The maximum Gasteiger partial charge on any atom is 0.339 e. The average molecular weight is 289 g/mol. The van der Waals surface area contributed by atoms with Crippen molar-refractivity contribution in [2.24, 2.45) is 0 Å². The molecule has 0 aliphatic heterocycles. The summed E-state index contributed by atoms with van der Waals surface area (Å²) in [4.78, 5) is 24.8. The number of rotatable bonds is 5. The van der Waals surface area contributed by atoms with Crippen molar-refractivity contribution in [3.8, 4) is 5.75 Å². The van der Waals surface area contributed by atoms with E-state index >= 15 is 0 Å². The lowest BCUT2D eigenvalue weighted by atomic mass is 10.1. The van der Waals surface area contributed by atoms with E-state index in [4.69, 9.17) is 9.84 Å². The van der Waals surface area contributed by atoms with Crippen molar-refractivity contribution in [3.05, 3.63) is 41.1 Å². The number of nitrogens with zero attached hydrogens (tertiary/aromatic N) is 1. The van der Waals surface area contributed by atoms with Gasteiger partial charge in [-0.25, -0.2) is 4.79 Å². The minimum Gasteiger partial charge on any atom is -0.483 e. The summed E-state index contributed by atoms with van der Waals surface area (Å²) in [5.74, 6) is -1.02. The quantitative estimate of drug-likeness (QED) is 0.904. The van der Waals surface area contributed by atoms with Crippen LogP contribution >= 0.6 is 0 Å². The van der Waals surface area contributed by atoms with Gasteiger partial charge in [0.05, 0.1) is 0 Å². The molecule has 1 aliphatic carbocycles. The highest BCUT2D eigenvalue weighted by atomic mass is 16.5. The summed E-state index contributed by atoms with van der Waals surface area (Å²) in [6.45, 7) is 1.64. The predicted octanol–water partition coefficient (Wildman–Crippen LogP) is 2.60. The van der Waals surface area contributed by atoms with E-state index in [-0.39, 0.29) is 23.8 Å². The molecular formula is C16H19NO4. The van der Waals surface area contributed by atoms with Gasteiger partial charge in [-0.3, -0.25) is 4.79 Å². The van der Waals surface area contributed by atoms with Gasteiger partial charge in [-0.2, -0.15) is 0 Å². The molecule has 5 heteroatoms. The molecule has 0 bridgehead atoms. The van der Waals surface area contributed by atoms with Crippen molar-refractivity contribution in [3.63, 3.8) is 0 Å². The van der Waals surface area contributed by atoms with Crippen LogP contribution in [0.3, 0.4) is 0 Å². The number of hydrogen-bond donors (Lipinski definition) is 1. The maximum absolute atomic E-state index is 12.1. The van der Waals surface area contributed by atoms with Crippen LogP contribution in [0.4, 0.5) is 0 Å². The Labute approximate surface area is 123 Å². The molecule has 21 heavy (non-hydrogen) atoms. The molecule has 2 rings (SSSR count). The van der Waals surface area contributed by atoms with E-state index in [0.717, 1.165) is 30.5 Å². The number of likely N-dealkylation sites (N-methyl/N-ethyl adjacent to an activating group) is 1. The molecule has 0 unspecified atom stereocenters. The van der Waals surface area contributed by atoms with Gasteiger partial charge < -0.3 is 14.7 Å². The second-order valence-corrected chi connectivity index (χ2v) is 5.13. The van der Waals surface area contributed by atoms with Gasteiger partial charge in [0.2, 0.25) is 0 Å². The van der Waals surface area contributed by atoms with Crippen molar-refractivity contribution >= 4 is 11.9 Å². The highest BCUT2D eigenvalue weighted by Crippen LogP contribution is 2.22. The molecule has 0 radical (unpaired) electrons. The molecule has 0 aromatic heterocycles. The van der Waals surface area contributed by atoms with Crippen molar-refractivity contribution < 1.29 is 19.4 Å². The number of carboxylic acids is 1. The molecule has 0 heterocycles. The lowest BCUT2D eigenvalue weighted by Crippen LogP contribution is -2.30. The fraction of sp³-hybridized carbons (Fsp3) is 0.375. The number of carbonyl (C=O) groups excluding carboxylic acids is 1. The second kappa shape index (κ2) is 6.43. The summed E-state index contributed by atoms with van der Waals surface area (Å²) in [7, 11) is 1.72. The molecule has 5 nitrogen and oxygen atoms in total. The Morgan fingerprint density at radius 1 is 1.38 bits per heavy atom. The first-order valence-electron chi connectivity index (χ1n) is 6.91. The standard InChI is InChI=1S/C16H19NO4/c1-11-7-8-14(13(9-11)16(19)20)21-10-15(18)17(2)12-5-3-4-6-12/h5,7-9H,3-4,6,10H2,1-2H3,(H,19,20). The van der Waals surface area contributed by atoms with E-state index < -0.39 is 5.97 Å². The molecule has 1 aliphatic rings. The third-order valence-electron chi connectivity index (χ3n) is 3.54. The fourth-order valence-corrected chi connectivity index (χ4v) is 2.29. The SMILES string of the molecule is Cc1ccc(OCC(=O)N(C)C2=CCCC2)c(C(=O)O)c1. The van der Waals surface area contributed by atoms with Crippen LogP contribution < -0.4 is 4.74 Å². The number of amides is 1. The van der Waals surface area contributed by atoms with Gasteiger partial charge in [0.25, 0.3) is 5.91 Å². The third-order valence-corrected chi connectivity index (χ3v) is 3.54. The molecule has 0 saturated heterocycles.